The highest BCUT2D eigenvalue weighted by molar-refractivity contribution is 5.85. The smallest absolute Gasteiger partial charge is 0.223 e. The number of carbonyl (C=O) groups excluding carboxylic acids is 1. The van der Waals surface area contributed by atoms with Crippen molar-refractivity contribution in [3.8, 4) is 0 Å². The van der Waals surface area contributed by atoms with E-state index in [1.807, 2.05) is 0 Å². The third kappa shape index (κ3) is 4.35. The van der Waals surface area contributed by atoms with Gasteiger partial charge in [-0.3, -0.25) is 4.79 Å². The van der Waals surface area contributed by atoms with E-state index in [4.69, 9.17) is 5.73 Å². The number of halogens is 2. The SMILES string of the molecule is CN(C)C1(CNC(=O)C2CC3CCCC(C2)C3N)Cc2ccccc2C1.Cl.Cl. The van der Waals surface area contributed by atoms with Crippen LogP contribution in [0.4, 0.5) is 0 Å². The zero-order valence-electron chi connectivity index (χ0n) is 17.0. The summed E-state index contributed by atoms with van der Waals surface area (Å²) in [5, 5.41) is 3.33. The molecule has 0 spiro atoms. The monoisotopic (exact) mass is 427 g/mol. The number of hydrogen-bond donors (Lipinski definition) is 2. The van der Waals surface area contributed by atoms with Crippen molar-refractivity contribution >= 4 is 30.7 Å². The summed E-state index contributed by atoms with van der Waals surface area (Å²) in [7, 11) is 4.28. The molecule has 6 heteroatoms. The molecule has 3 aliphatic carbocycles. The highest BCUT2D eigenvalue weighted by atomic mass is 35.5. The molecular weight excluding hydrogens is 393 g/mol. The second-order valence-corrected chi connectivity index (χ2v) is 9.16. The lowest BCUT2D eigenvalue weighted by atomic mass is 9.65. The summed E-state index contributed by atoms with van der Waals surface area (Å²) in [6, 6.07) is 9.02. The van der Waals surface area contributed by atoms with E-state index in [-0.39, 0.29) is 42.2 Å². The Bertz CT molecular complexity index is 643. The maximum atomic E-state index is 13.0. The minimum atomic E-state index is 0. The number of nitrogens with one attached hydrogen (secondary N) is 1. The summed E-state index contributed by atoms with van der Waals surface area (Å²) in [6.45, 7) is 0.728. The lowest BCUT2D eigenvalue weighted by molar-refractivity contribution is -0.128. The lowest BCUT2D eigenvalue weighted by Crippen LogP contribution is -2.55. The van der Waals surface area contributed by atoms with Gasteiger partial charge in [0.1, 0.15) is 0 Å². The summed E-state index contributed by atoms with van der Waals surface area (Å²) >= 11 is 0. The third-order valence-corrected chi connectivity index (χ3v) is 7.48. The molecule has 3 N–H and O–H groups in total. The first-order valence-electron chi connectivity index (χ1n) is 10.3. The maximum absolute atomic E-state index is 13.0. The van der Waals surface area contributed by atoms with E-state index in [1.54, 1.807) is 0 Å². The number of nitrogens with two attached hydrogens (primary N) is 1. The van der Waals surface area contributed by atoms with Crippen molar-refractivity contribution < 1.29 is 4.79 Å². The lowest BCUT2D eigenvalue weighted by Gasteiger charge is -2.44. The number of rotatable bonds is 4. The minimum Gasteiger partial charge on any atom is -0.354 e. The quantitative estimate of drug-likeness (QED) is 0.775. The topological polar surface area (TPSA) is 58.4 Å². The molecule has 0 radical (unpaired) electrons. The number of nitrogens with zero attached hydrogens (tertiary/aromatic N) is 1. The Morgan fingerprint density at radius 3 is 2.14 bits per heavy atom. The normalized spacial score (nSPS) is 30.0. The summed E-state index contributed by atoms with van der Waals surface area (Å²) in [4.78, 5) is 15.3. The van der Waals surface area contributed by atoms with E-state index in [1.165, 1.54) is 30.4 Å². The molecule has 2 bridgehead atoms. The predicted octanol–water partition coefficient (Wildman–Crippen LogP) is 3.20. The molecule has 1 aromatic rings. The maximum Gasteiger partial charge on any atom is 0.223 e. The first-order chi connectivity index (χ1) is 12.5. The minimum absolute atomic E-state index is 0. The van der Waals surface area contributed by atoms with Gasteiger partial charge in [0.05, 0.1) is 0 Å². The molecule has 3 aliphatic rings. The fourth-order valence-corrected chi connectivity index (χ4v) is 5.67. The van der Waals surface area contributed by atoms with Gasteiger partial charge in [-0.15, -0.1) is 24.8 Å². The number of carbonyl (C=O) groups is 1. The second kappa shape index (κ2) is 9.34. The number of amides is 1. The molecule has 4 nitrogen and oxygen atoms in total. The highest BCUT2D eigenvalue weighted by Gasteiger charge is 2.42. The molecular formula is C22H35Cl2N3O. The number of fused-ring (bicyclic) bond motifs is 3. The molecule has 28 heavy (non-hydrogen) atoms. The van der Waals surface area contributed by atoms with Gasteiger partial charge in [-0.2, -0.15) is 0 Å². The van der Waals surface area contributed by atoms with E-state index >= 15 is 0 Å². The molecule has 2 fully saturated rings. The Morgan fingerprint density at radius 1 is 1.11 bits per heavy atom. The molecule has 0 aromatic heterocycles. The zero-order chi connectivity index (χ0) is 18.3. The molecule has 1 aromatic carbocycles. The summed E-state index contributed by atoms with van der Waals surface area (Å²) in [5.74, 6) is 1.52. The molecule has 2 saturated carbocycles. The highest BCUT2D eigenvalue weighted by Crippen LogP contribution is 2.42. The average Bonchev–Trinajstić information content (AvgIpc) is 2.99. The predicted molar refractivity (Wildman–Crippen MR) is 119 cm³/mol. The van der Waals surface area contributed by atoms with Crippen LogP contribution in [0.1, 0.15) is 43.2 Å². The Hall–Kier alpha value is -0.810. The van der Waals surface area contributed by atoms with Crippen LogP contribution in [-0.4, -0.2) is 43.0 Å². The second-order valence-electron chi connectivity index (χ2n) is 9.16. The van der Waals surface area contributed by atoms with E-state index in [2.05, 4.69) is 48.6 Å². The van der Waals surface area contributed by atoms with Crippen LogP contribution in [0.3, 0.4) is 0 Å². The first-order valence-corrected chi connectivity index (χ1v) is 10.3. The number of likely N-dealkylation sites (N-methyl/N-ethyl adjacent to an activating group) is 1. The van der Waals surface area contributed by atoms with E-state index in [0.717, 1.165) is 32.2 Å². The standard InChI is InChI=1S/C22H33N3O.2ClH/c1-25(2)22(12-17-6-3-4-7-18(17)13-22)14-24-21(26)19-10-15-8-5-9-16(11-19)20(15)23;;/h3-4,6-7,15-16,19-20H,5,8-14,23H2,1-2H3,(H,24,26);2*1H. The van der Waals surface area contributed by atoms with E-state index < -0.39 is 0 Å². The Balaban J connectivity index is 0.00000140. The van der Waals surface area contributed by atoms with Crippen molar-refractivity contribution in [3.05, 3.63) is 35.4 Å². The number of hydrogen-bond acceptors (Lipinski definition) is 3. The summed E-state index contributed by atoms with van der Waals surface area (Å²) < 4.78 is 0. The average molecular weight is 428 g/mol. The molecule has 158 valence electrons. The zero-order valence-corrected chi connectivity index (χ0v) is 18.7. The van der Waals surface area contributed by atoms with Crippen molar-refractivity contribution in [2.75, 3.05) is 20.6 Å². The van der Waals surface area contributed by atoms with Crippen LogP contribution in [-0.2, 0) is 17.6 Å². The fraction of sp³-hybridized carbons (Fsp3) is 0.682. The van der Waals surface area contributed by atoms with Gasteiger partial charge in [0.15, 0.2) is 0 Å². The van der Waals surface area contributed by atoms with Crippen LogP contribution in [0, 0.1) is 17.8 Å². The first kappa shape index (κ1) is 23.5. The Labute approximate surface area is 181 Å². The van der Waals surface area contributed by atoms with Crippen molar-refractivity contribution in [3.63, 3.8) is 0 Å². The molecule has 1 amide bonds. The third-order valence-electron chi connectivity index (χ3n) is 7.48. The van der Waals surface area contributed by atoms with Crippen LogP contribution < -0.4 is 11.1 Å². The van der Waals surface area contributed by atoms with Crippen LogP contribution in [0.15, 0.2) is 24.3 Å². The van der Waals surface area contributed by atoms with Crippen molar-refractivity contribution in [1.29, 1.82) is 0 Å². The largest absolute Gasteiger partial charge is 0.354 e. The molecule has 0 heterocycles. The molecule has 2 unspecified atom stereocenters. The van der Waals surface area contributed by atoms with Gasteiger partial charge < -0.3 is 16.0 Å². The Kier molecular flexibility index (Phi) is 7.83. The Morgan fingerprint density at radius 2 is 1.64 bits per heavy atom. The molecule has 2 atom stereocenters. The van der Waals surface area contributed by atoms with Gasteiger partial charge in [0, 0.05) is 24.0 Å². The van der Waals surface area contributed by atoms with E-state index in [9.17, 15) is 4.79 Å². The molecule has 4 rings (SSSR count). The van der Waals surface area contributed by atoms with Gasteiger partial charge >= 0.3 is 0 Å². The number of benzene rings is 1. The fourth-order valence-electron chi connectivity index (χ4n) is 5.67. The van der Waals surface area contributed by atoms with Gasteiger partial charge in [0.2, 0.25) is 5.91 Å². The van der Waals surface area contributed by atoms with E-state index in [0.29, 0.717) is 17.9 Å². The van der Waals surface area contributed by atoms with Crippen LogP contribution >= 0.6 is 24.8 Å². The van der Waals surface area contributed by atoms with Crippen molar-refractivity contribution in [1.82, 2.24) is 10.2 Å². The van der Waals surface area contributed by atoms with Gasteiger partial charge in [0.25, 0.3) is 0 Å². The van der Waals surface area contributed by atoms with Crippen LogP contribution in [0.5, 0.6) is 0 Å². The molecule has 0 saturated heterocycles. The van der Waals surface area contributed by atoms with Crippen molar-refractivity contribution in [2.24, 2.45) is 23.5 Å². The van der Waals surface area contributed by atoms with Gasteiger partial charge in [-0.25, -0.2) is 0 Å². The van der Waals surface area contributed by atoms with Crippen LogP contribution in [0.2, 0.25) is 0 Å². The molecule has 0 aliphatic heterocycles. The summed E-state index contributed by atoms with van der Waals surface area (Å²) in [5.41, 5.74) is 9.24. The summed E-state index contributed by atoms with van der Waals surface area (Å²) in [6.07, 6.45) is 7.70. The van der Waals surface area contributed by atoms with Crippen molar-refractivity contribution in [2.45, 2.75) is 56.5 Å². The van der Waals surface area contributed by atoms with Gasteiger partial charge in [-0.05, 0) is 75.6 Å². The van der Waals surface area contributed by atoms with Gasteiger partial charge in [-0.1, -0.05) is 30.7 Å². The van der Waals surface area contributed by atoms with Crippen LogP contribution in [0.25, 0.3) is 0 Å².